The molecule has 3 aliphatic rings. The highest BCUT2D eigenvalue weighted by Gasteiger charge is 2.54. The zero-order valence-corrected chi connectivity index (χ0v) is 32.0. The molecule has 0 unspecified atom stereocenters. The summed E-state index contributed by atoms with van der Waals surface area (Å²) in [5.74, 6) is 1.65. The number of fused-ring (bicyclic) bond motifs is 8. The SMILES string of the molecule is c1ccc(N2c3ccccc3B3c4ccccc4[Si](c4ccccc4)(c4ccccc4)c4cc5c(c2c43)Oc2ccccc2N5c2cccc3cccnc23)cc1. The maximum Gasteiger partial charge on any atom is 0.246 e. The first-order chi connectivity index (χ1) is 28.3. The molecule has 0 bridgehead atoms. The standard InChI is InChI=1S/C51H34BN3OSi/c1-4-20-36(21-5-1)54-41-28-12-10-26-39(41)52-40-27-11-15-32-46(40)57(37-22-6-2-7-23-37,38-24-8-3-9-25-38)47-34-44-51(50(54)48(47)52)56-45-31-14-13-29-42(45)55(44)43-30-16-18-35-19-17-33-53-49(35)43/h1-34H. The lowest BCUT2D eigenvalue weighted by atomic mass is 9.34. The van der Waals surface area contributed by atoms with Crippen molar-refractivity contribution in [2.75, 3.05) is 9.80 Å². The monoisotopic (exact) mass is 743 g/mol. The Labute approximate surface area is 333 Å². The smallest absolute Gasteiger partial charge is 0.246 e. The minimum Gasteiger partial charge on any atom is -0.451 e. The van der Waals surface area contributed by atoms with Gasteiger partial charge in [-0.05, 0) is 80.2 Å². The Bertz CT molecular complexity index is 2990. The number of para-hydroxylation sites is 5. The fourth-order valence-corrected chi connectivity index (χ4v) is 15.3. The fraction of sp³-hybridized carbons (Fsp3) is 0. The third kappa shape index (κ3) is 4.47. The van der Waals surface area contributed by atoms with Crippen LogP contribution in [0.25, 0.3) is 10.9 Å². The number of anilines is 6. The summed E-state index contributed by atoms with van der Waals surface area (Å²) in [6, 6.07) is 73.3. The maximum absolute atomic E-state index is 7.36. The molecule has 6 heteroatoms. The molecule has 0 saturated heterocycles. The van der Waals surface area contributed by atoms with E-state index in [0.29, 0.717) is 0 Å². The number of rotatable bonds is 4. The van der Waals surface area contributed by atoms with Crippen LogP contribution in [0.5, 0.6) is 11.5 Å². The van der Waals surface area contributed by atoms with Gasteiger partial charge < -0.3 is 14.5 Å². The highest BCUT2D eigenvalue weighted by Crippen LogP contribution is 2.56. The predicted molar refractivity (Wildman–Crippen MR) is 239 cm³/mol. The maximum atomic E-state index is 7.36. The number of aromatic nitrogens is 1. The molecule has 0 fully saturated rings. The normalized spacial score (nSPS) is 14.1. The number of benzene rings is 8. The lowest BCUT2D eigenvalue weighted by Crippen LogP contribution is -2.87. The summed E-state index contributed by atoms with van der Waals surface area (Å²) < 4.78 is 7.36. The highest BCUT2D eigenvalue weighted by atomic mass is 28.3. The molecular weight excluding hydrogens is 709 g/mol. The minimum absolute atomic E-state index is 0.0193. The number of hydrogen-bond donors (Lipinski definition) is 0. The molecule has 57 heavy (non-hydrogen) atoms. The average Bonchev–Trinajstić information content (AvgIpc) is 3.29. The van der Waals surface area contributed by atoms with Crippen molar-refractivity contribution in [3.05, 3.63) is 206 Å². The van der Waals surface area contributed by atoms with Gasteiger partial charge in [0.15, 0.2) is 19.6 Å². The highest BCUT2D eigenvalue weighted by molar-refractivity contribution is 7.26. The Hall–Kier alpha value is -7.15. The molecule has 0 aliphatic carbocycles. The van der Waals surface area contributed by atoms with Gasteiger partial charge in [-0.15, -0.1) is 0 Å². The molecule has 266 valence electrons. The lowest BCUT2D eigenvalue weighted by molar-refractivity contribution is 0.478. The predicted octanol–water partition coefficient (Wildman–Crippen LogP) is 7.80. The molecule has 4 heterocycles. The van der Waals surface area contributed by atoms with Crippen LogP contribution in [0.4, 0.5) is 34.1 Å². The summed E-state index contributed by atoms with van der Waals surface area (Å²) >= 11 is 0. The van der Waals surface area contributed by atoms with E-state index in [9.17, 15) is 0 Å². The van der Waals surface area contributed by atoms with Crippen LogP contribution in [0.1, 0.15) is 0 Å². The van der Waals surface area contributed by atoms with E-state index in [-0.39, 0.29) is 6.71 Å². The fourth-order valence-electron chi connectivity index (χ4n) is 10.0. The van der Waals surface area contributed by atoms with Crippen molar-refractivity contribution in [1.82, 2.24) is 4.98 Å². The minimum atomic E-state index is -3.04. The summed E-state index contributed by atoms with van der Waals surface area (Å²) in [7, 11) is -3.04. The molecule has 1 aromatic heterocycles. The van der Waals surface area contributed by atoms with Crippen LogP contribution in [0.15, 0.2) is 206 Å². The summed E-state index contributed by atoms with van der Waals surface area (Å²) in [6.45, 7) is -0.0193. The molecule has 8 aromatic carbocycles. The van der Waals surface area contributed by atoms with Gasteiger partial charge in [0.25, 0.3) is 0 Å². The van der Waals surface area contributed by atoms with E-state index >= 15 is 0 Å². The van der Waals surface area contributed by atoms with Crippen LogP contribution in [-0.2, 0) is 0 Å². The molecule has 0 atom stereocenters. The van der Waals surface area contributed by atoms with Crippen molar-refractivity contribution in [1.29, 1.82) is 0 Å². The van der Waals surface area contributed by atoms with Gasteiger partial charge in [-0.3, -0.25) is 4.98 Å². The van der Waals surface area contributed by atoms with Crippen LogP contribution >= 0.6 is 0 Å². The first-order valence-corrected chi connectivity index (χ1v) is 21.6. The lowest BCUT2D eigenvalue weighted by Gasteiger charge is -2.49. The van der Waals surface area contributed by atoms with Crippen LogP contribution in [-0.4, -0.2) is 19.8 Å². The summed E-state index contributed by atoms with van der Waals surface area (Å²) in [6.07, 6.45) is 1.90. The van der Waals surface area contributed by atoms with E-state index in [2.05, 4.69) is 204 Å². The third-order valence-corrected chi connectivity index (χ3v) is 17.1. The second kappa shape index (κ2) is 12.4. The molecular formula is C51H34BN3OSi. The number of nitrogens with zero attached hydrogens (tertiary/aromatic N) is 3. The Kier molecular flexibility index (Phi) is 7.01. The van der Waals surface area contributed by atoms with Gasteiger partial charge in [0.1, 0.15) is 0 Å². The molecule has 4 nitrogen and oxygen atoms in total. The van der Waals surface area contributed by atoms with Crippen molar-refractivity contribution >= 4 is 96.9 Å². The Balaban J connectivity index is 1.31. The second-order valence-electron chi connectivity index (χ2n) is 15.0. The zero-order chi connectivity index (χ0) is 37.5. The van der Waals surface area contributed by atoms with Crippen molar-refractivity contribution in [2.24, 2.45) is 0 Å². The molecule has 9 aromatic rings. The van der Waals surface area contributed by atoms with Gasteiger partial charge >= 0.3 is 0 Å². The Morgan fingerprint density at radius 3 is 1.86 bits per heavy atom. The summed E-state index contributed by atoms with van der Waals surface area (Å²) in [4.78, 5) is 9.90. The summed E-state index contributed by atoms with van der Waals surface area (Å²) in [5.41, 5.74) is 11.2. The van der Waals surface area contributed by atoms with Crippen molar-refractivity contribution in [3.63, 3.8) is 0 Å². The molecule has 0 amide bonds. The van der Waals surface area contributed by atoms with Crippen molar-refractivity contribution in [2.45, 2.75) is 0 Å². The van der Waals surface area contributed by atoms with Crippen LogP contribution in [0.3, 0.4) is 0 Å². The van der Waals surface area contributed by atoms with Crippen molar-refractivity contribution in [3.8, 4) is 11.5 Å². The number of ether oxygens (including phenoxy) is 1. The topological polar surface area (TPSA) is 28.6 Å². The van der Waals surface area contributed by atoms with E-state index < -0.39 is 8.07 Å². The van der Waals surface area contributed by atoms with Crippen LogP contribution in [0, 0.1) is 0 Å². The van der Waals surface area contributed by atoms with E-state index in [0.717, 1.165) is 56.5 Å². The second-order valence-corrected chi connectivity index (χ2v) is 18.8. The van der Waals surface area contributed by atoms with E-state index in [4.69, 9.17) is 9.72 Å². The Morgan fingerprint density at radius 2 is 1.09 bits per heavy atom. The molecule has 0 spiro atoms. The number of pyridine rings is 1. The molecule has 0 saturated carbocycles. The average molecular weight is 744 g/mol. The van der Waals surface area contributed by atoms with Gasteiger partial charge in [0.05, 0.1) is 28.3 Å². The molecule has 0 N–H and O–H groups in total. The first kappa shape index (κ1) is 32.1. The van der Waals surface area contributed by atoms with Gasteiger partial charge in [-0.2, -0.15) is 0 Å². The van der Waals surface area contributed by atoms with Crippen molar-refractivity contribution < 1.29 is 4.74 Å². The van der Waals surface area contributed by atoms with Crippen LogP contribution < -0.4 is 51.7 Å². The quantitative estimate of drug-likeness (QED) is 0.172. The van der Waals surface area contributed by atoms with E-state index in [1.54, 1.807) is 0 Å². The molecule has 12 rings (SSSR count). The third-order valence-electron chi connectivity index (χ3n) is 12.2. The van der Waals surface area contributed by atoms with Gasteiger partial charge in [-0.25, -0.2) is 0 Å². The number of hydrogen-bond acceptors (Lipinski definition) is 4. The largest absolute Gasteiger partial charge is 0.451 e. The first-order valence-electron chi connectivity index (χ1n) is 19.6. The van der Waals surface area contributed by atoms with E-state index in [1.807, 2.05) is 12.3 Å². The molecule has 0 radical (unpaired) electrons. The van der Waals surface area contributed by atoms with Gasteiger partial charge in [0, 0.05) is 23.0 Å². The Morgan fingerprint density at radius 1 is 0.474 bits per heavy atom. The zero-order valence-electron chi connectivity index (χ0n) is 31.0. The van der Waals surface area contributed by atoms with E-state index in [1.165, 1.54) is 37.1 Å². The summed E-state index contributed by atoms with van der Waals surface area (Å²) in [5, 5.41) is 6.58. The molecule has 3 aliphatic heterocycles. The van der Waals surface area contributed by atoms with Gasteiger partial charge in [0.2, 0.25) is 6.71 Å². The van der Waals surface area contributed by atoms with Gasteiger partial charge in [-0.1, -0.05) is 157 Å². The van der Waals surface area contributed by atoms with Crippen LogP contribution in [0.2, 0.25) is 0 Å².